The average Bonchev–Trinajstić information content (AvgIpc) is 3.47. The molecule has 1 aromatic carbocycles. The van der Waals surface area contributed by atoms with Crippen molar-refractivity contribution in [2.24, 2.45) is 0 Å². The molecule has 31 heavy (non-hydrogen) atoms. The number of fused-ring (bicyclic) bond motifs is 1. The van der Waals surface area contributed by atoms with E-state index < -0.39 is 10.2 Å². The minimum Gasteiger partial charge on any atom is -0.472 e. The number of nitrogens with zero attached hydrogens (tertiary/aromatic N) is 1. The molecule has 2 atom stereocenters. The van der Waals surface area contributed by atoms with Crippen LogP contribution in [0.2, 0.25) is 0 Å². The van der Waals surface area contributed by atoms with Gasteiger partial charge >= 0.3 is 0 Å². The first-order valence-corrected chi connectivity index (χ1v) is 11.6. The molecule has 0 saturated heterocycles. The average molecular weight is 460 g/mol. The van der Waals surface area contributed by atoms with Gasteiger partial charge in [0.1, 0.15) is 0 Å². The summed E-state index contributed by atoms with van der Waals surface area (Å²) < 4.78 is 47.6. The molecule has 3 aliphatic rings. The summed E-state index contributed by atoms with van der Waals surface area (Å²) in [6.45, 7) is 2.21. The van der Waals surface area contributed by atoms with E-state index in [9.17, 15) is 0 Å². The quantitative estimate of drug-likeness (QED) is 0.394. The highest BCUT2D eigenvalue weighted by atomic mass is 35.7. The Morgan fingerprint density at radius 2 is 1.55 bits per heavy atom. The molecule has 0 fully saturated rings. The molecule has 3 aromatic heterocycles. The van der Waals surface area contributed by atoms with Gasteiger partial charge in [-0.2, -0.15) is 4.57 Å². The van der Waals surface area contributed by atoms with Crippen LogP contribution in [0.15, 0.2) is 76.5 Å². The molecule has 9 heteroatoms. The highest BCUT2D eigenvalue weighted by Crippen LogP contribution is 2.60. The third-order valence-electron chi connectivity index (χ3n) is 6.17. The molecule has 160 valence electrons. The van der Waals surface area contributed by atoms with Crippen molar-refractivity contribution in [2.75, 3.05) is 0 Å². The fourth-order valence-corrected chi connectivity index (χ4v) is 6.42. The first-order valence-electron chi connectivity index (χ1n) is 9.56. The number of aryl methyl sites for hydroxylation is 1. The van der Waals surface area contributed by atoms with Gasteiger partial charge in [-0.3, -0.25) is 0 Å². The monoisotopic (exact) mass is 459 g/mol. The first kappa shape index (κ1) is 20.4. The summed E-state index contributed by atoms with van der Waals surface area (Å²) in [6.07, 6.45) is 10.8. The topological polar surface area (TPSA) is 122 Å². The lowest BCUT2D eigenvalue weighted by Gasteiger charge is -2.47. The molecule has 1 aliphatic carbocycles. The zero-order chi connectivity index (χ0) is 21.8. The Balaban J connectivity index is 0.000000371. The van der Waals surface area contributed by atoms with Crippen LogP contribution in [0.25, 0.3) is 0 Å². The normalized spacial score (nSPS) is 20.5. The predicted molar refractivity (Wildman–Crippen MR) is 98.5 cm³/mol. The van der Waals surface area contributed by atoms with Crippen molar-refractivity contribution in [2.45, 2.75) is 30.7 Å². The molecule has 2 bridgehead atoms. The van der Waals surface area contributed by atoms with Crippen molar-refractivity contribution >= 4 is 11.3 Å². The molecule has 2 unspecified atom stereocenters. The van der Waals surface area contributed by atoms with Crippen LogP contribution in [0.4, 0.5) is 0 Å². The van der Waals surface area contributed by atoms with Crippen LogP contribution in [0.3, 0.4) is 0 Å². The highest BCUT2D eigenvalue weighted by Gasteiger charge is 2.61. The molecule has 0 N–H and O–H groups in total. The molecule has 0 radical (unpaired) electrons. The number of furan rings is 2. The van der Waals surface area contributed by atoms with E-state index in [-0.39, 0.29) is 11.3 Å². The summed E-state index contributed by atoms with van der Waals surface area (Å²) in [5.41, 5.74) is 5.21. The van der Waals surface area contributed by atoms with Crippen LogP contribution < -0.4 is 23.2 Å². The van der Waals surface area contributed by atoms with Gasteiger partial charge in [-0.05, 0) is 24.6 Å². The number of hydrogen-bond acceptors (Lipinski definition) is 7. The smallest absolute Gasteiger partial charge is 0.246 e. The van der Waals surface area contributed by atoms with E-state index >= 15 is 0 Å². The molecule has 7 rings (SSSR count). The molecular weight excluding hydrogens is 442 g/mol. The minimum absolute atomic E-state index is 0.156. The molecule has 0 amide bonds. The minimum atomic E-state index is -4.94. The number of thiazole rings is 1. The second-order valence-electron chi connectivity index (χ2n) is 7.74. The Labute approximate surface area is 184 Å². The lowest BCUT2D eigenvalue weighted by atomic mass is 9.55. The van der Waals surface area contributed by atoms with E-state index in [2.05, 4.69) is 54.1 Å². The predicted octanol–water partition coefficient (Wildman–Crippen LogP) is 0.199. The third-order valence-corrected chi connectivity index (χ3v) is 7.25. The number of benzene rings is 1. The number of hydrogen-bond donors (Lipinski definition) is 0. The molecule has 7 nitrogen and oxygen atoms in total. The van der Waals surface area contributed by atoms with Gasteiger partial charge in [-0.15, -0.1) is 10.2 Å². The maximum atomic E-state index is 8.49. The third kappa shape index (κ3) is 3.32. The van der Waals surface area contributed by atoms with Crippen LogP contribution >= 0.6 is 11.3 Å². The van der Waals surface area contributed by atoms with Crippen molar-refractivity contribution in [1.82, 2.24) is 0 Å². The molecule has 0 saturated carbocycles. The van der Waals surface area contributed by atoms with Gasteiger partial charge in [-0.25, -0.2) is 18.6 Å². The number of rotatable bonds is 2. The fourth-order valence-electron chi connectivity index (χ4n) is 5.19. The van der Waals surface area contributed by atoms with Gasteiger partial charge in [0.05, 0.1) is 41.3 Å². The lowest BCUT2D eigenvalue weighted by Crippen LogP contribution is -2.68. The van der Waals surface area contributed by atoms with Crippen LogP contribution in [-0.2, 0) is 5.41 Å². The van der Waals surface area contributed by atoms with Gasteiger partial charge in [0.15, 0.2) is 12.2 Å². The van der Waals surface area contributed by atoms with Crippen LogP contribution in [0.1, 0.15) is 50.5 Å². The van der Waals surface area contributed by atoms with E-state index in [1.807, 2.05) is 23.9 Å². The van der Waals surface area contributed by atoms with Gasteiger partial charge < -0.3 is 8.83 Å². The Kier molecular flexibility index (Phi) is 4.82. The van der Waals surface area contributed by atoms with Crippen molar-refractivity contribution < 1.29 is 42.3 Å². The fraction of sp³-hybridized carbons (Fsp3) is 0.227. The van der Waals surface area contributed by atoms with Crippen molar-refractivity contribution in [3.8, 4) is 0 Å². The van der Waals surface area contributed by atoms with Crippen molar-refractivity contribution in [3.05, 3.63) is 99.8 Å². The van der Waals surface area contributed by atoms with Crippen molar-refractivity contribution in [1.29, 1.82) is 0 Å². The second-order valence-corrected chi connectivity index (χ2v) is 9.76. The lowest BCUT2D eigenvalue weighted by molar-refractivity contribution is -2.00. The standard InChI is InChI=1S/C22H18NO2S.ClHO4/c1-14-11-23-19-10-22(15-6-8-24-12-15,16-7-9-25-13-16)20(21(23)26-14)18-5-3-2-4-17(18)19;2-1(3,4)5/h2-9,11-13,19-20H,10H2,1H3;(H,2,3,4,5)/q+1;/p-1. The summed E-state index contributed by atoms with van der Waals surface area (Å²) in [4.78, 5) is 1.36. The molecule has 4 aromatic rings. The zero-order valence-electron chi connectivity index (χ0n) is 16.4. The van der Waals surface area contributed by atoms with Gasteiger partial charge in [-0.1, -0.05) is 35.6 Å². The van der Waals surface area contributed by atoms with Gasteiger partial charge in [0.2, 0.25) is 5.01 Å². The van der Waals surface area contributed by atoms with E-state index in [0.29, 0.717) is 6.04 Å². The van der Waals surface area contributed by atoms with Gasteiger partial charge in [0.25, 0.3) is 0 Å². The Bertz CT molecular complexity index is 1160. The maximum Gasteiger partial charge on any atom is 0.246 e. The zero-order valence-corrected chi connectivity index (χ0v) is 18.0. The largest absolute Gasteiger partial charge is 0.472 e. The summed E-state index contributed by atoms with van der Waals surface area (Å²) >= 11 is 1.92. The Morgan fingerprint density at radius 1 is 0.968 bits per heavy atom. The summed E-state index contributed by atoms with van der Waals surface area (Å²) in [6, 6.07) is 13.5. The summed E-state index contributed by atoms with van der Waals surface area (Å²) in [5.74, 6) is 0.262. The first-order chi connectivity index (χ1) is 14.8. The van der Waals surface area contributed by atoms with E-state index in [1.165, 1.54) is 32.1 Å². The molecule has 2 aliphatic heterocycles. The summed E-state index contributed by atoms with van der Waals surface area (Å²) in [7, 11) is -4.94. The number of aromatic nitrogens is 1. The molecule has 0 spiro atoms. The summed E-state index contributed by atoms with van der Waals surface area (Å²) in [5, 5.41) is 1.43. The van der Waals surface area contributed by atoms with E-state index in [0.717, 1.165) is 6.42 Å². The van der Waals surface area contributed by atoms with Crippen molar-refractivity contribution in [3.63, 3.8) is 0 Å². The molecule has 5 heterocycles. The Morgan fingerprint density at radius 3 is 2.10 bits per heavy atom. The van der Waals surface area contributed by atoms with Crippen LogP contribution in [0, 0.1) is 17.2 Å². The molecular formula is C22H18ClNO6S. The van der Waals surface area contributed by atoms with Crippen LogP contribution in [0.5, 0.6) is 0 Å². The Hall–Kier alpha value is -2.46. The SMILES string of the molecule is Cc1c[n+]2c(s1)C1c3ccccc3C2CC1(c1ccoc1)c1ccoc1.[O-][Cl+3]([O-])([O-])[O-]. The second kappa shape index (κ2) is 7.30. The highest BCUT2D eigenvalue weighted by molar-refractivity contribution is 7.11. The number of halogens is 1. The van der Waals surface area contributed by atoms with Gasteiger partial charge in [0, 0.05) is 23.1 Å². The van der Waals surface area contributed by atoms with E-state index in [4.69, 9.17) is 27.5 Å². The van der Waals surface area contributed by atoms with Crippen LogP contribution in [-0.4, -0.2) is 0 Å². The van der Waals surface area contributed by atoms with E-state index in [1.54, 1.807) is 12.5 Å². The maximum absolute atomic E-state index is 8.49.